The van der Waals surface area contributed by atoms with E-state index in [1.54, 1.807) is 4.90 Å². The van der Waals surface area contributed by atoms with Gasteiger partial charge in [0, 0.05) is 26.7 Å². The molecule has 8 heteroatoms. The molecule has 0 saturated carbocycles. The first kappa shape index (κ1) is 18.2. The number of nitrogens with one attached hydrogen (secondary N) is 1. The smallest absolute Gasteiger partial charge is 0.232 e. The van der Waals surface area contributed by atoms with Gasteiger partial charge in [-0.1, -0.05) is 0 Å². The van der Waals surface area contributed by atoms with E-state index in [9.17, 15) is 14.7 Å². The average molecular weight is 320 g/mol. The summed E-state index contributed by atoms with van der Waals surface area (Å²) in [5.41, 5.74) is 0. The lowest BCUT2D eigenvalue weighted by molar-refractivity contribution is -0.132. The van der Waals surface area contributed by atoms with Crippen molar-refractivity contribution < 1.29 is 24.2 Å². The molecule has 2 N–H and O–H groups in total. The Morgan fingerprint density at radius 1 is 1.38 bits per heavy atom. The van der Waals surface area contributed by atoms with Crippen LogP contribution in [0.5, 0.6) is 0 Å². The zero-order valence-corrected chi connectivity index (χ0v) is 13.2. The number of methoxy groups -OCH3 is 1. The van der Waals surface area contributed by atoms with Crippen LogP contribution in [0.3, 0.4) is 0 Å². The molecule has 0 spiro atoms. The third kappa shape index (κ3) is 8.25. The molecule has 21 heavy (non-hydrogen) atoms. The number of thioether (sulfide) groups is 1. The van der Waals surface area contributed by atoms with Crippen molar-refractivity contribution in [3.63, 3.8) is 0 Å². The fraction of sp³-hybridized carbons (Fsp3) is 0.846. The number of aliphatic hydroxyl groups is 1. The Balaban J connectivity index is 2.03. The molecule has 7 nitrogen and oxygen atoms in total. The van der Waals surface area contributed by atoms with Gasteiger partial charge >= 0.3 is 0 Å². The third-order valence-corrected chi connectivity index (χ3v) is 3.90. The Kier molecular flexibility index (Phi) is 9.40. The van der Waals surface area contributed by atoms with Gasteiger partial charge in [-0.15, -0.1) is 11.8 Å². The molecule has 1 fully saturated rings. The van der Waals surface area contributed by atoms with Crippen LogP contribution in [0.4, 0.5) is 0 Å². The minimum absolute atomic E-state index is 0.0478. The highest BCUT2D eigenvalue weighted by Gasteiger charge is 2.16. The number of rotatable bonds is 9. The summed E-state index contributed by atoms with van der Waals surface area (Å²) in [5, 5.41) is 12.1. The maximum absolute atomic E-state index is 11.8. The second-order valence-corrected chi connectivity index (χ2v) is 5.72. The quantitative estimate of drug-likeness (QED) is 0.572. The number of aliphatic hydroxyl groups excluding tert-OH is 1. The Labute approximate surface area is 129 Å². The predicted octanol–water partition coefficient (Wildman–Crippen LogP) is -0.908. The van der Waals surface area contributed by atoms with Crippen molar-refractivity contribution in [1.29, 1.82) is 0 Å². The normalized spacial score (nSPS) is 16.6. The van der Waals surface area contributed by atoms with Gasteiger partial charge < -0.3 is 24.8 Å². The van der Waals surface area contributed by atoms with Crippen LogP contribution >= 0.6 is 11.8 Å². The maximum atomic E-state index is 11.8. The first-order valence-electron chi connectivity index (χ1n) is 7.00. The topological polar surface area (TPSA) is 88.1 Å². The van der Waals surface area contributed by atoms with E-state index in [-0.39, 0.29) is 24.2 Å². The molecule has 0 aromatic heterocycles. The molecule has 1 heterocycles. The van der Waals surface area contributed by atoms with Crippen LogP contribution in [-0.2, 0) is 19.1 Å². The van der Waals surface area contributed by atoms with E-state index in [1.165, 1.54) is 18.9 Å². The summed E-state index contributed by atoms with van der Waals surface area (Å²) in [6.07, 6.45) is -0.109. The van der Waals surface area contributed by atoms with E-state index in [0.29, 0.717) is 45.0 Å². The lowest BCUT2D eigenvalue weighted by atomic mass is 10.3. The van der Waals surface area contributed by atoms with Crippen LogP contribution in [0.15, 0.2) is 0 Å². The van der Waals surface area contributed by atoms with Crippen LogP contribution in [-0.4, -0.2) is 86.0 Å². The summed E-state index contributed by atoms with van der Waals surface area (Å²) >= 11 is 1.30. The molecule has 0 aliphatic carbocycles. The van der Waals surface area contributed by atoms with Gasteiger partial charge in [-0.3, -0.25) is 9.59 Å². The SMILES string of the molecule is COCC(O)CCNC(=O)CSCC(=O)N1CCOCC1. The molecular weight excluding hydrogens is 296 g/mol. The monoisotopic (exact) mass is 320 g/mol. The zero-order chi connectivity index (χ0) is 15.5. The molecule has 0 bridgehead atoms. The van der Waals surface area contributed by atoms with Gasteiger partial charge in [-0.05, 0) is 6.42 Å². The maximum Gasteiger partial charge on any atom is 0.232 e. The highest BCUT2D eigenvalue weighted by Crippen LogP contribution is 2.05. The average Bonchev–Trinajstić information content (AvgIpc) is 2.48. The van der Waals surface area contributed by atoms with Crippen molar-refractivity contribution in [1.82, 2.24) is 10.2 Å². The first-order valence-corrected chi connectivity index (χ1v) is 8.16. The molecule has 1 aliphatic rings. The minimum atomic E-state index is -0.564. The highest BCUT2D eigenvalue weighted by molar-refractivity contribution is 8.00. The van der Waals surface area contributed by atoms with E-state index >= 15 is 0 Å². The van der Waals surface area contributed by atoms with Gasteiger partial charge in [0.25, 0.3) is 0 Å². The van der Waals surface area contributed by atoms with Crippen molar-refractivity contribution in [3.8, 4) is 0 Å². The fourth-order valence-corrected chi connectivity index (χ4v) is 2.59. The molecule has 2 amide bonds. The van der Waals surface area contributed by atoms with Gasteiger partial charge in [-0.25, -0.2) is 0 Å². The van der Waals surface area contributed by atoms with E-state index in [4.69, 9.17) is 9.47 Å². The largest absolute Gasteiger partial charge is 0.391 e. The van der Waals surface area contributed by atoms with Gasteiger partial charge in [0.15, 0.2) is 0 Å². The Morgan fingerprint density at radius 3 is 2.76 bits per heavy atom. The summed E-state index contributed by atoms with van der Waals surface area (Å²) in [6.45, 7) is 3.09. The number of carbonyl (C=O) groups is 2. The number of hydrogen-bond donors (Lipinski definition) is 2. The summed E-state index contributed by atoms with van der Waals surface area (Å²) in [4.78, 5) is 25.1. The van der Waals surface area contributed by atoms with Gasteiger partial charge in [0.1, 0.15) is 0 Å². The van der Waals surface area contributed by atoms with Crippen molar-refractivity contribution in [3.05, 3.63) is 0 Å². The molecule has 1 unspecified atom stereocenters. The molecular formula is C13H24N2O5S. The Bertz CT molecular complexity index is 324. The van der Waals surface area contributed by atoms with Crippen LogP contribution in [0.1, 0.15) is 6.42 Å². The van der Waals surface area contributed by atoms with E-state index in [2.05, 4.69) is 5.32 Å². The molecule has 122 valence electrons. The Morgan fingerprint density at radius 2 is 2.10 bits per heavy atom. The second kappa shape index (κ2) is 10.8. The van der Waals surface area contributed by atoms with Crippen LogP contribution in [0, 0.1) is 0 Å². The summed E-state index contributed by atoms with van der Waals surface area (Å²) in [7, 11) is 1.52. The van der Waals surface area contributed by atoms with Crippen molar-refractivity contribution >= 4 is 23.6 Å². The molecule has 0 aromatic rings. The minimum Gasteiger partial charge on any atom is -0.391 e. The summed E-state index contributed by atoms with van der Waals surface area (Å²) in [6, 6.07) is 0. The molecule has 1 rings (SSSR count). The first-order chi connectivity index (χ1) is 10.1. The van der Waals surface area contributed by atoms with E-state index in [1.807, 2.05) is 0 Å². The zero-order valence-electron chi connectivity index (χ0n) is 12.4. The lowest BCUT2D eigenvalue weighted by Gasteiger charge is -2.26. The van der Waals surface area contributed by atoms with Crippen molar-refractivity contribution in [2.45, 2.75) is 12.5 Å². The van der Waals surface area contributed by atoms with Crippen LogP contribution in [0.2, 0.25) is 0 Å². The Hall–Kier alpha value is -0.830. The second-order valence-electron chi connectivity index (χ2n) is 4.73. The lowest BCUT2D eigenvalue weighted by Crippen LogP contribution is -2.41. The van der Waals surface area contributed by atoms with Crippen molar-refractivity contribution in [2.75, 3.05) is 58.1 Å². The number of ether oxygens (including phenoxy) is 2. The number of amides is 2. The van der Waals surface area contributed by atoms with Gasteiger partial charge in [0.05, 0.1) is 37.4 Å². The van der Waals surface area contributed by atoms with Crippen molar-refractivity contribution in [2.24, 2.45) is 0 Å². The summed E-state index contributed by atoms with van der Waals surface area (Å²) < 4.78 is 9.97. The molecule has 1 saturated heterocycles. The highest BCUT2D eigenvalue weighted by atomic mass is 32.2. The number of nitrogens with zero attached hydrogens (tertiary/aromatic N) is 1. The third-order valence-electron chi connectivity index (χ3n) is 2.98. The van der Waals surface area contributed by atoms with E-state index in [0.717, 1.165) is 0 Å². The molecule has 1 atom stereocenters. The molecule has 0 radical (unpaired) electrons. The number of carbonyl (C=O) groups excluding carboxylic acids is 2. The molecule has 0 aromatic carbocycles. The predicted molar refractivity (Wildman–Crippen MR) is 80.2 cm³/mol. The van der Waals surface area contributed by atoms with Crippen LogP contribution in [0.25, 0.3) is 0 Å². The van der Waals surface area contributed by atoms with E-state index < -0.39 is 6.10 Å². The standard InChI is InChI=1S/C13H24N2O5S/c1-19-8-11(16)2-3-14-12(17)9-21-10-13(18)15-4-6-20-7-5-15/h11,16H,2-10H2,1H3,(H,14,17). The van der Waals surface area contributed by atoms with Gasteiger partial charge in [-0.2, -0.15) is 0 Å². The number of hydrogen-bond acceptors (Lipinski definition) is 6. The van der Waals surface area contributed by atoms with Crippen LogP contribution < -0.4 is 5.32 Å². The molecule has 1 aliphatic heterocycles. The summed E-state index contributed by atoms with van der Waals surface area (Å²) in [5.74, 6) is 0.474. The number of morpholine rings is 1. The van der Waals surface area contributed by atoms with Gasteiger partial charge in [0.2, 0.25) is 11.8 Å². The fourth-order valence-electron chi connectivity index (χ4n) is 1.84.